The summed E-state index contributed by atoms with van der Waals surface area (Å²) in [7, 11) is 1.81. The molecule has 37 heavy (non-hydrogen) atoms. The van der Waals surface area contributed by atoms with Gasteiger partial charge in [-0.1, -0.05) is 12.1 Å². The zero-order valence-corrected chi connectivity index (χ0v) is 20.9. The number of benzene rings is 1. The van der Waals surface area contributed by atoms with E-state index in [9.17, 15) is 13.6 Å². The fraction of sp³-hybridized carbons (Fsp3) is 0.269. The van der Waals surface area contributed by atoms with Gasteiger partial charge < -0.3 is 5.32 Å². The number of nitrogens with one attached hydrogen (secondary N) is 1. The first-order valence-electron chi connectivity index (χ1n) is 11.7. The Labute approximate surface area is 211 Å². The molecule has 0 aliphatic carbocycles. The van der Waals surface area contributed by atoms with Crippen LogP contribution < -0.4 is 5.32 Å². The number of alkyl halides is 2. The van der Waals surface area contributed by atoms with Gasteiger partial charge in [0.2, 0.25) is 0 Å². The van der Waals surface area contributed by atoms with Gasteiger partial charge in [-0.05, 0) is 44.5 Å². The molecule has 9 nitrogen and oxygen atoms in total. The minimum absolute atomic E-state index is 0.0631. The average Bonchev–Trinajstić information content (AvgIpc) is 3.61. The molecule has 4 heterocycles. The highest BCUT2D eigenvalue weighted by Gasteiger charge is 2.20. The molecule has 11 heteroatoms. The van der Waals surface area contributed by atoms with Crippen molar-refractivity contribution >= 4 is 11.4 Å². The van der Waals surface area contributed by atoms with Gasteiger partial charge >= 0.3 is 0 Å². The van der Waals surface area contributed by atoms with Crippen LogP contribution in [0.1, 0.15) is 48.8 Å². The third-order valence-electron chi connectivity index (χ3n) is 5.99. The predicted octanol–water partition coefficient (Wildman–Crippen LogP) is 4.62. The molecule has 5 rings (SSSR count). The topological polar surface area (TPSA) is 94.9 Å². The third kappa shape index (κ3) is 4.84. The lowest BCUT2D eigenvalue weighted by Gasteiger charge is -2.18. The normalized spacial score (nSPS) is 12.0. The number of hydrogen-bond acceptors (Lipinski definition) is 5. The van der Waals surface area contributed by atoms with Gasteiger partial charge in [0.1, 0.15) is 5.69 Å². The van der Waals surface area contributed by atoms with Crippen LogP contribution in [0.4, 0.5) is 8.78 Å². The van der Waals surface area contributed by atoms with E-state index in [1.807, 2.05) is 27.0 Å². The molecule has 1 amide bonds. The van der Waals surface area contributed by atoms with Gasteiger partial charge in [-0.3, -0.25) is 14.2 Å². The van der Waals surface area contributed by atoms with Crippen molar-refractivity contribution in [1.82, 2.24) is 39.5 Å². The standard InChI is InChI=1S/C26H26F2N8O/c1-26(2,3)36-10-8-20(33-36)25(37)29-12-17-6-5-16(11-19(17)24(27)28)23-22-7-9-30-35(22)15-21(32-23)18-13-31-34(4)14-18/h5-11,13-15,24H,12H2,1-4H3,(H,29,37). The van der Waals surface area contributed by atoms with Crippen LogP contribution in [0.5, 0.6) is 0 Å². The number of nitrogens with zero attached hydrogens (tertiary/aromatic N) is 7. The number of aromatic nitrogens is 7. The number of carbonyl (C=O) groups excluding carboxylic acids is 1. The first-order valence-corrected chi connectivity index (χ1v) is 11.7. The SMILES string of the molecule is Cn1cc(-c2cn3nccc3c(-c3ccc(CNC(=O)c4ccn(C(C)(C)C)n4)c(C(F)F)c3)n2)cn1. The first kappa shape index (κ1) is 24.3. The van der Waals surface area contributed by atoms with Crippen molar-refractivity contribution in [2.75, 3.05) is 0 Å². The van der Waals surface area contributed by atoms with Crippen LogP contribution >= 0.6 is 0 Å². The maximum atomic E-state index is 14.1. The van der Waals surface area contributed by atoms with Crippen molar-refractivity contribution in [2.24, 2.45) is 7.05 Å². The zero-order chi connectivity index (χ0) is 26.3. The zero-order valence-electron chi connectivity index (χ0n) is 20.9. The lowest BCUT2D eigenvalue weighted by Crippen LogP contribution is -2.26. The second kappa shape index (κ2) is 9.23. The summed E-state index contributed by atoms with van der Waals surface area (Å²) in [6.07, 6.45) is 5.89. The van der Waals surface area contributed by atoms with Crippen LogP contribution in [0.2, 0.25) is 0 Å². The maximum Gasteiger partial charge on any atom is 0.272 e. The smallest absolute Gasteiger partial charge is 0.272 e. The lowest BCUT2D eigenvalue weighted by molar-refractivity contribution is 0.0942. The maximum absolute atomic E-state index is 14.1. The molecule has 0 aliphatic heterocycles. The van der Waals surface area contributed by atoms with Crippen molar-refractivity contribution in [3.8, 4) is 22.5 Å². The molecule has 5 aromatic rings. The van der Waals surface area contributed by atoms with E-state index >= 15 is 0 Å². The number of carbonyl (C=O) groups is 1. The summed E-state index contributed by atoms with van der Waals surface area (Å²) >= 11 is 0. The van der Waals surface area contributed by atoms with Gasteiger partial charge in [-0.25, -0.2) is 18.3 Å². The molecule has 190 valence electrons. The van der Waals surface area contributed by atoms with Gasteiger partial charge in [0, 0.05) is 42.7 Å². The number of fused-ring (bicyclic) bond motifs is 1. The minimum Gasteiger partial charge on any atom is -0.347 e. The number of amides is 1. The van der Waals surface area contributed by atoms with E-state index in [2.05, 4.69) is 20.6 Å². The Balaban J connectivity index is 1.45. The summed E-state index contributed by atoms with van der Waals surface area (Å²) in [5, 5.41) is 15.5. The van der Waals surface area contributed by atoms with Crippen LogP contribution in [0.3, 0.4) is 0 Å². The lowest BCUT2D eigenvalue weighted by atomic mass is 10.0. The predicted molar refractivity (Wildman–Crippen MR) is 134 cm³/mol. The van der Waals surface area contributed by atoms with Crippen molar-refractivity contribution in [3.63, 3.8) is 0 Å². The number of rotatable bonds is 6. The summed E-state index contributed by atoms with van der Waals surface area (Å²) in [4.78, 5) is 17.4. The van der Waals surface area contributed by atoms with Crippen LogP contribution in [-0.2, 0) is 19.1 Å². The molecule has 0 saturated heterocycles. The number of aryl methyl sites for hydroxylation is 1. The fourth-order valence-corrected chi connectivity index (χ4v) is 4.02. The average molecular weight is 505 g/mol. The molecule has 0 atom stereocenters. The van der Waals surface area contributed by atoms with Gasteiger partial charge in [0.05, 0.1) is 41.0 Å². The fourth-order valence-electron chi connectivity index (χ4n) is 4.02. The highest BCUT2D eigenvalue weighted by atomic mass is 19.3. The van der Waals surface area contributed by atoms with Gasteiger partial charge in [-0.2, -0.15) is 15.3 Å². The van der Waals surface area contributed by atoms with Crippen molar-refractivity contribution < 1.29 is 13.6 Å². The molecule has 0 unspecified atom stereocenters. The third-order valence-corrected chi connectivity index (χ3v) is 5.99. The molecular formula is C26H26F2N8O. The summed E-state index contributed by atoms with van der Waals surface area (Å²) in [6, 6.07) is 8.13. The molecule has 0 radical (unpaired) electrons. The second-order valence-corrected chi connectivity index (χ2v) is 9.75. The van der Waals surface area contributed by atoms with Crippen LogP contribution in [0, 0.1) is 0 Å². The van der Waals surface area contributed by atoms with E-state index in [0.717, 1.165) is 5.56 Å². The Bertz CT molecular complexity index is 1590. The molecule has 0 spiro atoms. The Morgan fingerprint density at radius 2 is 1.89 bits per heavy atom. The molecule has 0 fully saturated rings. The van der Waals surface area contributed by atoms with Crippen LogP contribution in [0.15, 0.2) is 61.3 Å². The quantitative estimate of drug-likeness (QED) is 0.364. The van der Waals surface area contributed by atoms with E-state index in [-0.39, 0.29) is 23.3 Å². The monoisotopic (exact) mass is 504 g/mol. The van der Waals surface area contributed by atoms with E-state index in [4.69, 9.17) is 4.98 Å². The highest BCUT2D eigenvalue weighted by Crippen LogP contribution is 2.31. The van der Waals surface area contributed by atoms with E-state index in [1.54, 1.807) is 70.0 Å². The Morgan fingerprint density at radius 1 is 1.08 bits per heavy atom. The summed E-state index contributed by atoms with van der Waals surface area (Å²) in [5.41, 5.74) is 3.20. The van der Waals surface area contributed by atoms with Crippen molar-refractivity contribution in [3.05, 3.63) is 78.1 Å². The largest absolute Gasteiger partial charge is 0.347 e. The van der Waals surface area contributed by atoms with Crippen molar-refractivity contribution in [2.45, 2.75) is 39.3 Å². The van der Waals surface area contributed by atoms with Gasteiger partial charge in [-0.15, -0.1) is 0 Å². The molecule has 4 aromatic heterocycles. The van der Waals surface area contributed by atoms with Crippen LogP contribution in [0.25, 0.3) is 28.0 Å². The molecule has 0 saturated carbocycles. The van der Waals surface area contributed by atoms with Crippen LogP contribution in [-0.4, -0.2) is 40.1 Å². The number of halogens is 2. The molecule has 0 aliphatic rings. The Kier molecular flexibility index (Phi) is 6.06. The van der Waals surface area contributed by atoms with Gasteiger partial charge in [0.25, 0.3) is 12.3 Å². The molecular weight excluding hydrogens is 478 g/mol. The second-order valence-electron chi connectivity index (χ2n) is 9.75. The first-order chi connectivity index (χ1) is 17.6. The molecule has 1 aromatic carbocycles. The van der Waals surface area contributed by atoms with E-state index < -0.39 is 12.3 Å². The minimum atomic E-state index is -2.74. The Hall–Kier alpha value is -4.41. The molecule has 1 N–H and O–H groups in total. The van der Waals surface area contributed by atoms with Crippen molar-refractivity contribution in [1.29, 1.82) is 0 Å². The van der Waals surface area contributed by atoms with E-state index in [0.29, 0.717) is 28.0 Å². The summed E-state index contributed by atoms with van der Waals surface area (Å²) in [5.74, 6) is -0.431. The number of hydrogen-bond donors (Lipinski definition) is 1. The Morgan fingerprint density at radius 3 is 2.57 bits per heavy atom. The molecule has 0 bridgehead atoms. The highest BCUT2D eigenvalue weighted by molar-refractivity contribution is 5.92. The van der Waals surface area contributed by atoms with E-state index in [1.165, 1.54) is 6.07 Å². The summed E-state index contributed by atoms with van der Waals surface area (Å²) < 4.78 is 33.3. The summed E-state index contributed by atoms with van der Waals surface area (Å²) in [6.45, 7) is 5.85. The van der Waals surface area contributed by atoms with Gasteiger partial charge in [0.15, 0.2) is 0 Å².